The van der Waals surface area contributed by atoms with Gasteiger partial charge >= 0.3 is 0 Å². The molecular formula is C18H22N6. The molecule has 24 heavy (non-hydrogen) atoms. The lowest BCUT2D eigenvalue weighted by Crippen LogP contribution is -2.36. The third-order valence-electron chi connectivity index (χ3n) is 4.48. The molecule has 6 nitrogen and oxygen atoms in total. The minimum Gasteiger partial charge on any atom is -0.368 e. The molecule has 1 aliphatic rings. The fourth-order valence-corrected chi connectivity index (χ4v) is 3.04. The average molecular weight is 322 g/mol. The number of hydrogen-bond acceptors (Lipinski definition) is 6. The Morgan fingerprint density at radius 2 is 2.00 bits per heavy atom. The van der Waals surface area contributed by atoms with Crippen molar-refractivity contribution in [2.45, 2.75) is 12.5 Å². The molecule has 1 atom stereocenters. The Hall–Kier alpha value is -2.81. The Balaban J connectivity index is 1.76. The molecule has 1 aliphatic heterocycles. The van der Waals surface area contributed by atoms with E-state index < -0.39 is 0 Å². The van der Waals surface area contributed by atoms with Crippen molar-refractivity contribution in [1.82, 2.24) is 9.97 Å². The Kier molecular flexibility index (Phi) is 4.52. The largest absolute Gasteiger partial charge is 0.368 e. The maximum absolute atomic E-state index is 9.30. The van der Waals surface area contributed by atoms with E-state index >= 15 is 0 Å². The summed E-state index contributed by atoms with van der Waals surface area (Å²) in [4.78, 5) is 15.4. The van der Waals surface area contributed by atoms with Crippen molar-refractivity contribution >= 4 is 17.5 Å². The predicted molar refractivity (Wildman–Crippen MR) is 96.5 cm³/mol. The van der Waals surface area contributed by atoms with E-state index in [0.717, 1.165) is 42.5 Å². The molecular weight excluding hydrogens is 300 g/mol. The van der Waals surface area contributed by atoms with Gasteiger partial charge in [-0.05, 0) is 24.6 Å². The normalized spacial score (nSPS) is 16.8. The smallest absolute Gasteiger partial charge is 0.227 e. The van der Waals surface area contributed by atoms with Crippen LogP contribution in [0.15, 0.2) is 36.5 Å². The predicted octanol–water partition coefficient (Wildman–Crippen LogP) is 2.13. The second-order valence-electron chi connectivity index (χ2n) is 6.24. The first-order chi connectivity index (χ1) is 11.6. The zero-order valence-electron chi connectivity index (χ0n) is 14.3. The summed E-state index contributed by atoms with van der Waals surface area (Å²) in [7, 11) is 5.99. The first kappa shape index (κ1) is 16.1. The molecule has 1 saturated heterocycles. The third-order valence-corrected chi connectivity index (χ3v) is 4.48. The van der Waals surface area contributed by atoms with Gasteiger partial charge in [0.2, 0.25) is 5.95 Å². The number of nitriles is 1. The van der Waals surface area contributed by atoms with Crippen LogP contribution in [0.1, 0.15) is 12.0 Å². The topological polar surface area (TPSA) is 59.3 Å². The molecule has 0 saturated carbocycles. The van der Waals surface area contributed by atoms with E-state index in [2.05, 4.69) is 25.8 Å². The van der Waals surface area contributed by atoms with Gasteiger partial charge in [0, 0.05) is 40.4 Å². The molecule has 3 rings (SSSR count). The summed E-state index contributed by atoms with van der Waals surface area (Å²) in [5.41, 5.74) is 1.74. The van der Waals surface area contributed by atoms with Crippen molar-refractivity contribution in [2.75, 3.05) is 48.9 Å². The monoisotopic (exact) mass is 322 g/mol. The number of hydrogen-bond donors (Lipinski definition) is 0. The van der Waals surface area contributed by atoms with Crippen molar-refractivity contribution in [2.24, 2.45) is 0 Å². The number of likely N-dealkylation sites (N-methyl/N-ethyl adjacent to an activating group) is 1. The van der Waals surface area contributed by atoms with Gasteiger partial charge in [-0.15, -0.1) is 0 Å². The molecule has 1 aromatic carbocycles. The average Bonchev–Trinajstić information content (AvgIpc) is 3.11. The molecule has 0 bridgehead atoms. The van der Waals surface area contributed by atoms with E-state index in [1.54, 1.807) is 6.20 Å². The summed E-state index contributed by atoms with van der Waals surface area (Å²) >= 11 is 0. The van der Waals surface area contributed by atoms with Gasteiger partial charge in [0.25, 0.3) is 0 Å². The lowest BCUT2D eigenvalue weighted by molar-refractivity contribution is 0.674. The SMILES string of the molecule is CN(C)c1ccnc(N(C)C2CCN(c3ccccc3C#N)C2)n1. The molecule has 6 heteroatoms. The van der Waals surface area contributed by atoms with Crippen molar-refractivity contribution < 1.29 is 0 Å². The maximum Gasteiger partial charge on any atom is 0.227 e. The highest BCUT2D eigenvalue weighted by atomic mass is 15.3. The summed E-state index contributed by atoms with van der Waals surface area (Å²) in [6, 6.07) is 12.3. The molecule has 0 amide bonds. The summed E-state index contributed by atoms with van der Waals surface area (Å²) in [5.74, 6) is 1.64. The lowest BCUT2D eigenvalue weighted by atomic mass is 10.2. The highest BCUT2D eigenvalue weighted by molar-refractivity contribution is 5.60. The van der Waals surface area contributed by atoms with Crippen LogP contribution in [-0.2, 0) is 0 Å². The van der Waals surface area contributed by atoms with Crippen LogP contribution in [0, 0.1) is 11.3 Å². The molecule has 2 heterocycles. The quantitative estimate of drug-likeness (QED) is 0.859. The van der Waals surface area contributed by atoms with Gasteiger partial charge in [-0.3, -0.25) is 0 Å². The van der Waals surface area contributed by atoms with E-state index in [9.17, 15) is 5.26 Å². The van der Waals surface area contributed by atoms with Crippen LogP contribution in [0.25, 0.3) is 0 Å². The summed E-state index contributed by atoms with van der Waals surface area (Å²) in [5, 5.41) is 9.30. The van der Waals surface area contributed by atoms with Crippen LogP contribution in [0.3, 0.4) is 0 Å². The van der Waals surface area contributed by atoms with Crippen LogP contribution in [0.2, 0.25) is 0 Å². The third kappa shape index (κ3) is 3.11. The summed E-state index contributed by atoms with van der Waals surface area (Å²) < 4.78 is 0. The molecule has 1 aromatic heterocycles. The number of anilines is 3. The van der Waals surface area contributed by atoms with Gasteiger partial charge in [0.15, 0.2) is 0 Å². The van der Waals surface area contributed by atoms with Gasteiger partial charge in [-0.25, -0.2) is 4.98 Å². The fourth-order valence-electron chi connectivity index (χ4n) is 3.04. The molecule has 0 radical (unpaired) electrons. The lowest BCUT2D eigenvalue weighted by Gasteiger charge is -2.26. The van der Waals surface area contributed by atoms with Crippen LogP contribution >= 0.6 is 0 Å². The van der Waals surface area contributed by atoms with Crippen molar-refractivity contribution in [3.05, 3.63) is 42.1 Å². The molecule has 124 valence electrons. The van der Waals surface area contributed by atoms with E-state index in [1.807, 2.05) is 56.4 Å². The minimum atomic E-state index is 0.328. The van der Waals surface area contributed by atoms with Crippen molar-refractivity contribution in [3.8, 4) is 6.07 Å². The van der Waals surface area contributed by atoms with Crippen molar-refractivity contribution in [1.29, 1.82) is 5.26 Å². The second kappa shape index (κ2) is 6.75. The Labute approximate surface area is 143 Å². The number of nitrogens with zero attached hydrogens (tertiary/aromatic N) is 6. The summed E-state index contributed by atoms with van der Waals surface area (Å²) in [6.07, 6.45) is 2.82. The fraction of sp³-hybridized carbons (Fsp3) is 0.389. The van der Waals surface area contributed by atoms with Gasteiger partial charge in [0.05, 0.1) is 17.3 Å². The second-order valence-corrected chi connectivity index (χ2v) is 6.24. The van der Waals surface area contributed by atoms with Crippen LogP contribution < -0.4 is 14.7 Å². The first-order valence-electron chi connectivity index (χ1n) is 8.07. The van der Waals surface area contributed by atoms with Gasteiger partial charge in [0.1, 0.15) is 11.9 Å². The number of para-hydroxylation sites is 1. The number of rotatable bonds is 4. The molecule has 1 fully saturated rings. The first-order valence-corrected chi connectivity index (χ1v) is 8.07. The van der Waals surface area contributed by atoms with Crippen molar-refractivity contribution in [3.63, 3.8) is 0 Å². The van der Waals surface area contributed by atoms with Gasteiger partial charge in [-0.1, -0.05) is 12.1 Å². The van der Waals surface area contributed by atoms with E-state index in [-0.39, 0.29) is 0 Å². The highest BCUT2D eigenvalue weighted by Gasteiger charge is 2.28. The Bertz CT molecular complexity index is 751. The number of aromatic nitrogens is 2. The number of benzene rings is 1. The van der Waals surface area contributed by atoms with E-state index in [4.69, 9.17) is 0 Å². The molecule has 0 aliphatic carbocycles. The minimum absolute atomic E-state index is 0.328. The zero-order valence-corrected chi connectivity index (χ0v) is 14.3. The Morgan fingerprint density at radius 1 is 1.21 bits per heavy atom. The Morgan fingerprint density at radius 3 is 2.75 bits per heavy atom. The van der Waals surface area contributed by atoms with Crippen LogP contribution in [0.5, 0.6) is 0 Å². The van der Waals surface area contributed by atoms with Gasteiger partial charge < -0.3 is 14.7 Å². The standard InChI is InChI=1S/C18H22N6/c1-22(2)17-8-10-20-18(21-17)23(3)15-9-11-24(13-15)16-7-5-4-6-14(16)12-19/h4-8,10,15H,9,11,13H2,1-3H3. The van der Waals surface area contributed by atoms with Crippen LogP contribution in [0.4, 0.5) is 17.5 Å². The molecule has 2 aromatic rings. The molecule has 1 unspecified atom stereocenters. The molecule has 0 N–H and O–H groups in total. The van der Waals surface area contributed by atoms with Crippen LogP contribution in [-0.4, -0.2) is 50.2 Å². The maximum atomic E-state index is 9.30. The van der Waals surface area contributed by atoms with E-state index in [0.29, 0.717) is 6.04 Å². The highest BCUT2D eigenvalue weighted by Crippen LogP contribution is 2.27. The molecule has 0 spiro atoms. The van der Waals surface area contributed by atoms with E-state index in [1.165, 1.54) is 0 Å². The summed E-state index contributed by atoms with van der Waals surface area (Å²) in [6.45, 7) is 1.80. The zero-order chi connectivity index (χ0) is 17.1. The van der Waals surface area contributed by atoms with Gasteiger partial charge in [-0.2, -0.15) is 10.2 Å².